The molecule has 2 heterocycles. The summed E-state index contributed by atoms with van der Waals surface area (Å²) in [5.74, 6) is 0.542. The number of benzene rings is 2. The topological polar surface area (TPSA) is 69.0 Å². The van der Waals surface area contributed by atoms with Gasteiger partial charge in [-0.2, -0.15) is 5.10 Å². The van der Waals surface area contributed by atoms with Crippen LogP contribution in [0.15, 0.2) is 85.2 Å². The highest BCUT2D eigenvalue weighted by atomic mass is 16.5. The minimum Gasteiger partial charge on any atom is -0.497 e. The van der Waals surface area contributed by atoms with Crippen molar-refractivity contribution in [3.8, 4) is 22.7 Å². The van der Waals surface area contributed by atoms with Gasteiger partial charge in [-0.1, -0.05) is 30.3 Å². The third kappa shape index (κ3) is 4.16. The zero-order chi connectivity index (χ0) is 20.1. The van der Waals surface area contributed by atoms with Crippen LogP contribution in [0.5, 0.6) is 5.75 Å². The summed E-state index contributed by atoms with van der Waals surface area (Å²) in [5, 5.41) is 7.65. The fourth-order valence-electron chi connectivity index (χ4n) is 2.99. The van der Waals surface area contributed by atoms with Crippen molar-refractivity contribution in [1.29, 1.82) is 0 Å². The molecule has 1 N–H and O–H groups in total. The van der Waals surface area contributed by atoms with Gasteiger partial charge >= 0.3 is 0 Å². The smallest absolute Gasteiger partial charge is 0.270 e. The molecule has 4 aromatic rings. The van der Waals surface area contributed by atoms with Crippen molar-refractivity contribution in [1.82, 2.24) is 20.1 Å². The number of nitrogens with zero attached hydrogens (tertiary/aromatic N) is 3. The molecule has 0 aliphatic rings. The Balaban J connectivity index is 1.68. The Bertz CT molecular complexity index is 1090. The molecule has 29 heavy (non-hydrogen) atoms. The van der Waals surface area contributed by atoms with Crippen LogP contribution in [0, 0.1) is 0 Å². The van der Waals surface area contributed by atoms with Crippen LogP contribution in [0.2, 0.25) is 0 Å². The van der Waals surface area contributed by atoms with Crippen molar-refractivity contribution in [2.45, 2.75) is 6.54 Å². The SMILES string of the molecule is COc1ccc(-n2nc(-c3ccccc3)cc2C(=O)NCc2ccncc2)cc1. The molecule has 1 amide bonds. The Hall–Kier alpha value is -3.93. The summed E-state index contributed by atoms with van der Waals surface area (Å²) in [5.41, 5.74) is 3.90. The van der Waals surface area contributed by atoms with Gasteiger partial charge in [0, 0.05) is 24.5 Å². The molecular weight excluding hydrogens is 364 g/mol. The van der Waals surface area contributed by atoms with Gasteiger partial charge in [-0.15, -0.1) is 0 Å². The third-order valence-corrected chi connectivity index (χ3v) is 4.53. The monoisotopic (exact) mass is 384 g/mol. The maximum absolute atomic E-state index is 13.0. The van der Waals surface area contributed by atoms with Crippen LogP contribution in [0.3, 0.4) is 0 Å². The highest BCUT2D eigenvalue weighted by Crippen LogP contribution is 2.23. The van der Waals surface area contributed by atoms with Crippen LogP contribution < -0.4 is 10.1 Å². The van der Waals surface area contributed by atoms with Gasteiger partial charge in [-0.3, -0.25) is 9.78 Å². The lowest BCUT2D eigenvalue weighted by molar-refractivity contribution is 0.0943. The Morgan fingerprint density at radius 1 is 1.00 bits per heavy atom. The zero-order valence-electron chi connectivity index (χ0n) is 15.9. The standard InChI is InChI=1S/C23H20N4O2/c1-29-20-9-7-19(8-10-20)27-22(15-21(26-27)18-5-3-2-4-6-18)23(28)25-16-17-11-13-24-14-12-17/h2-15H,16H2,1H3,(H,25,28). The number of methoxy groups -OCH3 is 1. The van der Waals surface area contributed by atoms with Crippen LogP contribution in [-0.4, -0.2) is 27.8 Å². The van der Waals surface area contributed by atoms with Crippen molar-refractivity contribution in [3.63, 3.8) is 0 Å². The zero-order valence-corrected chi connectivity index (χ0v) is 15.9. The highest BCUT2D eigenvalue weighted by Gasteiger charge is 2.17. The van der Waals surface area contributed by atoms with Crippen LogP contribution >= 0.6 is 0 Å². The first-order chi connectivity index (χ1) is 14.2. The summed E-state index contributed by atoms with van der Waals surface area (Å²) in [6, 6.07) is 22.8. The predicted octanol–water partition coefficient (Wildman–Crippen LogP) is 3.87. The summed E-state index contributed by atoms with van der Waals surface area (Å²) in [6.45, 7) is 0.413. The van der Waals surface area contributed by atoms with E-state index < -0.39 is 0 Å². The summed E-state index contributed by atoms with van der Waals surface area (Å²) in [6.07, 6.45) is 3.41. The highest BCUT2D eigenvalue weighted by molar-refractivity contribution is 5.94. The Morgan fingerprint density at radius 3 is 2.41 bits per heavy atom. The molecule has 0 aliphatic carbocycles. The van der Waals surface area contributed by atoms with Crippen molar-refractivity contribution >= 4 is 5.91 Å². The largest absolute Gasteiger partial charge is 0.497 e. The number of hydrogen-bond acceptors (Lipinski definition) is 4. The Labute approximate surface area is 168 Å². The van der Waals surface area contributed by atoms with E-state index in [4.69, 9.17) is 4.74 Å². The van der Waals surface area contributed by atoms with E-state index in [2.05, 4.69) is 15.4 Å². The first kappa shape index (κ1) is 18.4. The van der Waals surface area contributed by atoms with E-state index in [1.54, 1.807) is 30.3 Å². The molecule has 0 aliphatic heterocycles. The fraction of sp³-hybridized carbons (Fsp3) is 0.0870. The number of rotatable bonds is 6. The molecule has 2 aromatic heterocycles. The van der Waals surface area contributed by atoms with Gasteiger partial charge in [0.2, 0.25) is 0 Å². The first-order valence-electron chi connectivity index (χ1n) is 9.21. The minimum atomic E-state index is -0.202. The minimum absolute atomic E-state index is 0.202. The van der Waals surface area contributed by atoms with Gasteiger partial charge in [-0.05, 0) is 48.0 Å². The average molecular weight is 384 g/mol. The van der Waals surface area contributed by atoms with E-state index in [0.717, 1.165) is 28.3 Å². The quantitative estimate of drug-likeness (QED) is 0.548. The maximum Gasteiger partial charge on any atom is 0.270 e. The molecule has 6 heteroatoms. The van der Waals surface area contributed by atoms with E-state index in [9.17, 15) is 4.79 Å². The number of hydrogen-bond donors (Lipinski definition) is 1. The number of carbonyl (C=O) groups is 1. The summed E-state index contributed by atoms with van der Waals surface area (Å²) < 4.78 is 6.89. The van der Waals surface area contributed by atoms with Crippen molar-refractivity contribution < 1.29 is 9.53 Å². The maximum atomic E-state index is 13.0. The van der Waals surface area contributed by atoms with Crippen molar-refractivity contribution in [2.75, 3.05) is 7.11 Å². The second-order valence-electron chi connectivity index (χ2n) is 6.43. The third-order valence-electron chi connectivity index (χ3n) is 4.53. The van der Waals surface area contributed by atoms with E-state index in [1.165, 1.54) is 0 Å². The fourth-order valence-corrected chi connectivity index (χ4v) is 2.99. The van der Waals surface area contributed by atoms with E-state index in [-0.39, 0.29) is 5.91 Å². The second-order valence-corrected chi connectivity index (χ2v) is 6.43. The number of ether oxygens (including phenoxy) is 1. The molecular formula is C23H20N4O2. The summed E-state index contributed by atoms with van der Waals surface area (Å²) in [4.78, 5) is 17.0. The molecule has 0 saturated carbocycles. The lowest BCUT2D eigenvalue weighted by atomic mass is 10.1. The molecule has 0 radical (unpaired) electrons. The van der Waals surface area contributed by atoms with Crippen molar-refractivity contribution in [2.24, 2.45) is 0 Å². The molecule has 0 spiro atoms. The van der Waals surface area contributed by atoms with Crippen LogP contribution in [0.4, 0.5) is 0 Å². The van der Waals surface area contributed by atoms with Crippen LogP contribution in [0.25, 0.3) is 16.9 Å². The number of carbonyl (C=O) groups excluding carboxylic acids is 1. The second kappa shape index (κ2) is 8.39. The lowest BCUT2D eigenvalue weighted by Crippen LogP contribution is -2.25. The molecule has 0 fully saturated rings. The van der Waals surface area contributed by atoms with E-state index in [0.29, 0.717) is 12.2 Å². The molecule has 6 nitrogen and oxygen atoms in total. The normalized spacial score (nSPS) is 10.5. The summed E-state index contributed by atoms with van der Waals surface area (Å²) >= 11 is 0. The van der Waals surface area contributed by atoms with E-state index in [1.807, 2.05) is 66.7 Å². The molecule has 4 rings (SSSR count). The predicted molar refractivity (Wildman–Crippen MR) is 111 cm³/mol. The number of nitrogens with one attached hydrogen (secondary N) is 1. The van der Waals surface area contributed by atoms with Gasteiger partial charge in [-0.25, -0.2) is 4.68 Å². The Morgan fingerprint density at radius 2 is 1.72 bits per heavy atom. The molecule has 0 atom stereocenters. The van der Waals surface area contributed by atoms with Gasteiger partial charge in [0.25, 0.3) is 5.91 Å². The van der Waals surface area contributed by atoms with Gasteiger partial charge in [0.1, 0.15) is 11.4 Å². The van der Waals surface area contributed by atoms with Crippen LogP contribution in [0.1, 0.15) is 16.1 Å². The van der Waals surface area contributed by atoms with Gasteiger partial charge in [0.15, 0.2) is 0 Å². The Kier molecular flexibility index (Phi) is 5.33. The number of aromatic nitrogens is 3. The number of amides is 1. The molecule has 2 aromatic carbocycles. The van der Waals surface area contributed by atoms with Crippen molar-refractivity contribution in [3.05, 3.63) is 96.4 Å². The molecule has 0 saturated heterocycles. The number of pyridine rings is 1. The lowest BCUT2D eigenvalue weighted by Gasteiger charge is -2.09. The molecule has 144 valence electrons. The van der Waals surface area contributed by atoms with Gasteiger partial charge < -0.3 is 10.1 Å². The average Bonchev–Trinajstić information content (AvgIpc) is 3.24. The summed E-state index contributed by atoms with van der Waals surface area (Å²) in [7, 11) is 1.62. The van der Waals surface area contributed by atoms with Crippen LogP contribution in [-0.2, 0) is 6.54 Å². The molecule has 0 bridgehead atoms. The first-order valence-corrected chi connectivity index (χ1v) is 9.21. The van der Waals surface area contributed by atoms with E-state index >= 15 is 0 Å². The van der Waals surface area contributed by atoms with Gasteiger partial charge in [0.05, 0.1) is 18.5 Å². The molecule has 0 unspecified atom stereocenters.